The second kappa shape index (κ2) is 10.9. The quantitative estimate of drug-likeness (QED) is 0.469. The fourth-order valence-corrected chi connectivity index (χ4v) is 3.66. The highest BCUT2D eigenvalue weighted by atomic mass is 19.4. The summed E-state index contributed by atoms with van der Waals surface area (Å²) in [5, 5.41) is 7.47. The first kappa shape index (κ1) is 26.5. The number of hydrogen-bond donors (Lipinski definition) is 2. The molecule has 3 rings (SSSR count). The molecule has 0 saturated heterocycles. The lowest BCUT2D eigenvalue weighted by Crippen LogP contribution is -2.36. The SMILES string of the molecule is CC(C)(c1ccc(CN2CCCc3cc(/C(C=N)=C/N)ccc32)cc1)C(F)(F)F.CC(C)C. The topological polar surface area (TPSA) is 53.1 Å². The number of fused-ring (bicyclic) bond motifs is 1. The van der Waals surface area contributed by atoms with E-state index in [1.165, 1.54) is 31.8 Å². The summed E-state index contributed by atoms with van der Waals surface area (Å²) in [6.07, 6.45) is 0.340. The standard InChI is InChI=1S/C23H26F3N3.C4H10/c1-22(2,23(24,25)26)20-8-5-16(6-9-20)15-29-11-3-4-18-12-17(7-10-21(18)29)19(13-27)14-28;1-4(2)3/h5-10,12-14,27H,3-4,11,15,28H2,1-2H3;4H,1-3H3/b19-14+,27-13?;. The van der Waals surface area contributed by atoms with Crippen LogP contribution in [-0.4, -0.2) is 18.9 Å². The first-order chi connectivity index (χ1) is 15.4. The Morgan fingerprint density at radius 1 is 1.09 bits per heavy atom. The number of nitrogens with two attached hydrogens (primary N) is 1. The van der Waals surface area contributed by atoms with Gasteiger partial charge in [-0.1, -0.05) is 51.1 Å². The van der Waals surface area contributed by atoms with Gasteiger partial charge in [0.05, 0.1) is 5.41 Å². The van der Waals surface area contributed by atoms with Crippen molar-refractivity contribution in [1.29, 1.82) is 5.41 Å². The van der Waals surface area contributed by atoms with Crippen LogP contribution in [0.15, 0.2) is 48.7 Å². The Hall–Kier alpha value is -2.76. The Labute approximate surface area is 196 Å². The highest BCUT2D eigenvalue weighted by Gasteiger charge is 2.48. The Morgan fingerprint density at radius 2 is 1.70 bits per heavy atom. The van der Waals surface area contributed by atoms with E-state index in [0.717, 1.165) is 42.1 Å². The molecule has 1 heterocycles. The number of anilines is 1. The molecule has 33 heavy (non-hydrogen) atoms. The fourth-order valence-electron chi connectivity index (χ4n) is 3.66. The van der Waals surface area contributed by atoms with Gasteiger partial charge in [-0.2, -0.15) is 13.2 Å². The third-order valence-electron chi connectivity index (χ3n) is 5.72. The number of alkyl halides is 3. The van der Waals surface area contributed by atoms with E-state index in [4.69, 9.17) is 11.1 Å². The van der Waals surface area contributed by atoms with E-state index in [9.17, 15) is 13.2 Å². The molecule has 0 unspecified atom stereocenters. The second-order valence-electron chi connectivity index (χ2n) is 9.69. The van der Waals surface area contributed by atoms with E-state index in [1.807, 2.05) is 12.1 Å². The lowest BCUT2D eigenvalue weighted by molar-refractivity contribution is -0.180. The predicted molar refractivity (Wildman–Crippen MR) is 133 cm³/mol. The highest BCUT2D eigenvalue weighted by Crippen LogP contribution is 2.40. The maximum atomic E-state index is 13.3. The van der Waals surface area contributed by atoms with Gasteiger partial charge in [-0.3, -0.25) is 0 Å². The third kappa shape index (κ3) is 6.62. The molecule has 3 nitrogen and oxygen atoms in total. The number of aryl methyl sites for hydroxylation is 1. The monoisotopic (exact) mass is 459 g/mol. The molecule has 3 N–H and O–H groups in total. The summed E-state index contributed by atoms with van der Waals surface area (Å²) in [5.74, 6) is 0.833. The zero-order chi connectivity index (χ0) is 24.8. The molecule has 0 atom stereocenters. The highest BCUT2D eigenvalue weighted by molar-refractivity contribution is 6.08. The van der Waals surface area contributed by atoms with Gasteiger partial charge < -0.3 is 16.0 Å². The van der Waals surface area contributed by atoms with Crippen molar-refractivity contribution in [3.05, 3.63) is 70.9 Å². The maximum Gasteiger partial charge on any atom is 0.397 e. The van der Waals surface area contributed by atoms with Crippen molar-refractivity contribution < 1.29 is 13.2 Å². The first-order valence-corrected chi connectivity index (χ1v) is 11.4. The molecule has 0 saturated carbocycles. The Balaban J connectivity index is 0.000000890. The van der Waals surface area contributed by atoms with Crippen molar-refractivity contribution in [3.63, 3.8) is 0 Å². The van der Waals surface area contributed by atoms with Gasteiger partial charge in [0, 0.05) is 36.8 Å². The molecule has 6 heteroatoms. The van der Waals surface area contributed by atoms with Crippen LogP contribution < -0.4 is 10.6 Å². The molecular weight excluding hydrogens is 423 g/mol. The van der Waals surface area contributed by atoms with Gasteiger partial charge in [-0.05, 0) is 67.0 Å². The predicted octanol–water partition coefficient (Wildman–Crippen LogP) is 7.09. The molecule has 0 aliphatic carbocycles. The molecule has 2 aromatic carbocycles. The van der Waals surface area contributed by atoms with Crippen molar-refractivity contribution in [2.45, 2.75) is 65.6 Å². The van der Waals surface area contributed by atoms with Crippen LogP contribution in [0, 0.1) is 11.3 Å². The summed E-state index contributed by atoms with van der Waals surface area (Å²) in [7, 11) is 0. The van der Waals surface area contributed by atoms with Gasteiger partial charge in [0.15, 0.2) is 0 Å². The van der Waals surface area contributed by atoms with E-state index < -0.39 is 11.6 Å². The van der Waals surface area contributed by atoms with Crippen LogP contribution in [0.3, 0.4) is 0 Å². The van der Waals surface area contributed by atoms with E-state index >= 15 is 0 Å². The van der Waals surface area contributed by atoms with Gasteiger partial charge in [-0.15, -0.1) is 0 Å². The van der Waals surface area contributed by atoms with Crippen LogP contribution in [0.2, 0.25) is 0 Å². The van der Waals surface area contributed by atoms with Gasteiger partial charge in [0.25, 0.3) is 0 Å². The van der Waals surface area contributed by atoms with Crippen LogP contribution in [0.1, 0.15) is 63.3 Å². The van der Waals surface area contributed by atoms with E-state index in [1.54, 1.807) is 24.3 Å². The van der Waals surface area contributed by atoms with Gasteiger partial charge in [0.1, 0.15) is 0 Å². The molecule has 0 spiro atoms. The van der Waals surface area contributed by atoms with Crippen LogP contribution >= 0.6 is 0 Å². The van der Waals surface area contributed by atoms with E-state index in [2.05, 4.69) is 31.7 Å². The van der Waals surface area contributed by atoms with Crippen molar-refractivity contribution in [1.82, 2.24) is 0 Å². The number of nitrogens with zero attached hydrogens (tertiary/aromatic N) is 1. The van der Waals surface area contributed by atoms with Gasteiger partial charge >= 0.3 is 6.18 Å². The molecule has 180 valence electrons. The zero-order valence-corrected chi connectivity index (χ0v) is 20.3. The smallest absolute Gasteiger partial charge is 0.397 e. The molecule has 2 aromatic rings. The molecule has 0 amide bonds. The van der Waals surface area contributed by atoms with Crippen molar-refractivity contribution in [2.24, 2.45) is 11.7 Å². The van der Waals surface area contributed by atoms with Crippen LogP contribution in [0.25, 0.3) is 5.57 Å². The average Bonchev–Trinajstić information content (AvgIpc) is 2.74. The molecule has 1 aliphatic rings. The van der Waals surface area contributed by atoms with Crippen molar-refractivity contribution >= 4 is 17.5 Å². The lowest BCUT2D eigenvalue weighted by Gasteiger charge is -2.32. The minimum Gasteiger partial charge on any atom is -0.404 e. The van der Waals surface area contributed by atoms with Crippen molar-refractivity contribution in [3.8, 4) is 0 Å². The fraction of sp³-hybridized carbons (Fsp3) is 0.444. The normalized spacial score (nSPS) is 14.5. The summed E-state index contributed by atoms with van der Waals surface area (Å²) < 4.78 is 39.8. The number of nitrogens with one attached hydrogen (secondary N) is 1. The Bertz CT molecular complexity index is 955. The number of allylic oxidation sites excluding steroid dienone is 1. The number of benzene rings is 2. The number of rotatable bonds is 5. The summed E-state index contributed by atoms with van der Waals surface area (Å²) in [4.78, 5) is 2.25. The minimum absolute atomic E-state index is 0.269. The molecule has 0 bridgehead atoms. The Kier molecular flexibility index (Phi) is 8.76. The van der Waals surface area contributed by atoms with E-state index in [-0.39, 0.29) is 5.56 Å². The summed E-state index contributed by atoms with van der Waals surface area (Å²) in [6, 6.07) is 12.8. The molecular formula is C27H36F3N3. The zero-order valence-electron chi connectivity index (χ0n) is 20.3. The van der Waals surface area contributed by atoms with Gasteiger partial charge in [0.2, 0.25) is 0 Å². The lowest BCUT2D eigenvalue weighted by atomic mass is 9.83. The Morgan fingerprint density at radius 3 is 2.21 bits per heavy atom. The first-order valence-electron chi connectivity index (χ1n) is 11.4. The third-order valence-corrected chi connectivity index (χ3v) is 5.72. The van der Waals surface area contributed by atoms with Crippen LogP contribution in [0.5, 0.6) is 0 Å². The average molecular weight is 460 g/mol. The molecule has 0 radical (unpaired) electrons. The van der Waals surface area contributed by atoms with Gasteiger partial charge in [-0.25, -0.2) is 0 Å². The summed E-state index contributed by atoms with van der Waals surface area (Å²) in [6.45, 7) is 10.5. The molecule has 0 fully saturated rings. The largest absolute Gasteiger partial charge is 0.404 e. The summed E-state index contributed by atoms with van der Waals surface area (Å²) >= 11 is 0. The van der Waals surface area contributed by atoms with E-state index in [0.29, 0.717) is 12.1 Å². The number of halogens is 3. The number of hydrogen-bond acceptors (Lipinski definition) is 3. The molecule has 1 aliphatic heterocycles. The summed E-state index contributed by atoms with van der Waals surface area (Å²) in [5.41, 5.74) is 8.89. The van der Waals surface area contributed by atoms with Crippen molar-refractivity contribution in [2.75, 3.05) is 11.4 Å². The maximum absolute atomic E-state index is 13.3. The molecule has 0 aromatic heterocycles. The van der Waals surface area contributed by atoms with Crippen LogP contribution in [-0.2, 0) is 18.4 Å². The second-order valence-corrected chi connectivity index (χ2v) is 9.69. The van der Waals surface area contributed by atoms with Crippen LogP contribution in [0.4, 0.5) is 18.9 Å². The minimum atomic E-state index is -4.29.